The van der Waals surface area contributed by atoms with Crippen molar-refractivity contribution in [3.63, 3.8) is 0 Å². The minimum absolute atomic E-state index is 0.512. The summed E-state index contributed by atoms with van der Waals surface area (Å²) in [6, 6.07) is 17.7. The van der Waals surface area contributed by atoms with Gasteiger partial charge in [0.05, 0.1) is 12.9 Å². The number of ether oxygens (including phenoxy) is 1. The van der Waals surface area contributed by atoms with Gasteiger partial charge in [0.1, 0.15) is 24.2 Å². The van der Waals surface area contributed by atoms with Crippen LogP contribution < -0.4 is 15.4 Å². The van der Waals surface area contributed by atoms with Crippen LogP contribution >= 0.6 is 0 Å². The lowest BCUT2D eigenvalue weighted by Crippen LogP contribution is -2.12. The first kappa shape index (κ1) is 18.6. The van der Waals surface area contributed by atoms with Crippen LogP contribution in [0.5, 0.6) is 5.75 Å². The number of nitrogens with one attached hydrogen (secondary N) is 3. The van der Waals surface area contributed by atoms with Crippen molar-refractivity contribution in [2.24, 2.45) is 0 Å². The van der Waals surface area contributed by atoms with Crippen LogP contribution in [0.4, 0.5) is 17.5 Å². The molecule has 31 heavy (non-hydrogen) atoms. The fourth-order valence-corrected chi connectivity index (χ4v) is 3.14. The van der Waals surface area contributed by atoms with Crippen LogP contribution in [0.1, 0.15) is 0 Å². The van der Waals surface area contributed by atoms with Crippen LogP contribution in [0.25, 0.3) is 16.9 Å². The Hall–Kier alpha value is -4.40. The Morgan fingerprint density at radius 2 is 1.87 bits per heavy atom. The molecule has 5 rings (SSSR count). The number of anilines is 3. The lowest BCUT2D eigenvalue weighted by atomic mass is 10.3. The Bertz CT molecular complexity index is 1250. The normalized spacial score (nSPS) is 10.8. The molecule has 0 radical (unpaired) electrons. The molecule has 0 fully saturated rings. The number of imidazole rings is 2. The van der Waals surface area contributed by atoms with E-state index >= 15 is 0 Å². The fourth-order valence-electron chi connectivity index (χ4n) is 3.14. The molecule has 5 aromatic rings. The monoisotopic (exact) mass is 412 g/mol. The average Bonchev–Trinajstić information content (AvgIpc) is 3.48. The maximum Gasteiger partial charge on any atom is 0.207 e. The predicted octanol–water partition coefficient (Wildman–Crippen LogP) is 3.77. The van der Waals surface area contributed by atoms with Crippen molar-refractivity contribution >= 4 is 28.6 Å². The van der Waals surface area contributed by atoms with Gasteiger partial charge in [-0.3, -0.25) is 0 Å². The number of H-pyrrole nitrogens is 1. The van der Waals surface area contributed by atoms with Crippen molar-refractivity contribution in [3.8, 4) is 11.4 Å². The van der Waals surface area contributed by atoms with E-state index in [2.05, 4.69) is 35.6 Å². The molecule has 154 valence electrons. The van der Waals surface area contributed by atoms with E-state index in [0.29, 0.717) is 30.6 Å². The van der Waals surface area contributed by atoms with E-state index in [1.54, 1.807) is 12.5 Å². The van der Waals surface area contributed by atoms with Crippen molar-refractivity contribution in [3.05, 3.63) is 79.6 Å². The quantitative estimate of drug-likeness (QED) is 0.333. The third-order valence-corrected chi connectivity index (χ3v) is 4.63. The molecule has 9 heteroatoms. The van der Waals surface area contributed by atoms with E-state index in [-0.39, 0.29) is 0 Å². The van der Waals surface area contributed by atoms with Crippen LogP contribution in [0.2, 0.25) is 0 Å². The van der Waals surface area contributed by atoms with Crippen molar-refractivity contribution in [1.29, 1.82) is 0 Å². The lowest BCUT2D eigenvalue weighted by molar-refractivity contribution is 0.333. The molecule has 3 aromatic heterocycles. The van der Waals surface area contributed by atoms with Crippen molar-refractivity contribution in [2.45, 2.75) is 0 Å². The molecule has 0 saturated heterocycles. The summed E-state index contributed by atoms with van der Waals surface area (Å²) >= 11 is 0. The summed E-state index contributed by atoms with van der Waals surface area (Å²) in [6.07, 6.45) is 6.91. The van der Waals surface area contributed by atoms with Gasteiger partial charge >= 0.3 is 0 Å². The third kappa shape index (κ3) is 4.30. The molecule has 0 aliphatic carbocycles. The predicted molar refractivity (Wildman–Crippen MR) is 119 cm³/mol. The van der Waals surface area contributed by atoms with Gasteiger partial charge in [-0.25, -0.2) is 15.0 Å². The van der Waals surface area contributed by atoms with Gasteiger partial charge in [0.2, 0.25) is 5.95 Å². The number of hydrogen-bond donors (Lipinski definition) is 3. The van der Waals surface area contributed by atoms with Gasteiger partial charge in [0.25, 0.3) is 0 Å². The van der Waals surface area contributed by atoms with E-state index < -0.39 is 0 Å². The zero-order valence-electron chi connectivity index (χ0n) is 16.6. The van der Waals surface area contributed by atoms with E-state index in [1.807, 2.05) is 65.4 Å². The Morgan fingerprint density at radius 1 is 1.00 bits per heavy atom. The summed E-state index contributed by atoms with van der Waals surface area (Å²) in [5.41, 5.74) is 3.25. The summed E-state index contributed by atoms with van der Waals surface area (Å²) in [4.78, 5) is 20.4. The highest BCUT2D eigenvalue weighted by Crippen LogP contribution is 2.22. The van der Waals surface area contributed by atoms with Crippen molar-refractivity contribution < 1.29 is 4.74 Å². The molecule has 0 saturated carbocycles. The number of hydrogen-bond acceptors (Lipinski definition) is 7. The molecule has 3 heterocycles. The second kappa shape index (κ2) is 8.54. The molecular weight excluding hydrogens is 392 g/mol. The van der Waals surface area contributed by atoms with E-state index in [4.69, 9.17) is 4.74 Å². The number of nitrogens with zero attached hydrogens (tertiary/aromatic N) is 5. The number of aromatic amines is 1. The zero-order chi connectivity index (χ0) is 20.9. The highest BCUT2D eigenvalue weighted by molar-refractivity contribution is 5.84. The van der Waals surface area contributed by atoms with Crippen LogP contribution in [0, 0.1) is 0 Å². The van der Waals surface area contributed by atoms with Gasteiger partial charge in [0.15, 0.2) is 11.5 Å². The molecule has 0 unspecified atom stereocenters. The minimum atomic E-state index is 0.512. The maximum absolute atomic E-state index is 5.71. The van der Waals surface area contributed by atoms with Crippen LogP contribution in [-0.2, 0) is 0 Å². The zero-order valence-corrected chi connectivity index (χ0v) is 16.6. The van der Waals surface area contributed by atoms with Crippen LogP contribution in [0.3, 0.4) is 0 Å². The molecule has 0 spiro atoms. The Morgan fingerprint density at radius 3 is 2.68 bits per heavy atom. The number of para-hydroxylation sites is 1. The third-order valence-electron chi connectivity index (χ3n) is 4.63. The molecule has 3 N–H and O–H groups in total. The van der Waals surface area contributed by atoms with Gasteiger partial charge in [-0.15, -0.1) is 0 Å². The molecule has 0 aliphatic rings. The first-order chi connectivity index (χ1) is 15.3. The standard InChI is InChI=1S/C22H20N8O/c1-2-4-18(5-3-1)31-13-11-24-20-19-21(26-14-25-20)29-22(28-19)27-16-6-8-17(9-7-16)30-12-10-23-15-30/h1-10,12,14-15H,11,13H2,(H3,24,25,26,27,28,29). The fraction of sp³-hybridized carbons (Fsp3) is 0.0909. The number of benzene rings is 2. The smallest absolute Gasteiger partial charge is 0.207 e. The van der Waals surface area contributed by atoms with E-state index in [9.17, 15) is 0 Å². The average molecular weight is 412 g/mol. The van der Waals surface area contributed by atoms with Crippen LogP contribution in [-0.4, -0.2) is 42.6 Å². The second-order valence-corrected chi connectivity index (χ2v) is 6.74. The van der Waals surface area contributed by atoms with Crippen molar-refractivity contribution in [1.82, 2.24) is 29.5 Å². The number of fused-ring (bicyclic) bond motifs is 1. The number of aromatic nitrogens is 6. The van der Waals surface area contributed by atoms with Gasteiger partial charge in [0, 0.05) is 23.8 Å². The van der Waals surface area contributed by atoms with Gasteiger partial charge in [-0.1, -0.05) is 18.2 Å². The summed E-state index contributed by atoms with van der Waals surface area (Å²) in [5, 5.41) is 6.54. The highest BCUT2D eigenvalue weighted by Gasteiger charge is 2.10. The lowest BCUT2D eigenvalue weighted by Gasteiger charge is -2.08. The summed E-state index contributed by atoms with van der Waals surface area (Å²) in [7, 11) is 0. The largest absolute Gasteiger partial charge is 0.492 e. The van der Waals surface area contributed by atoms with Crippen molar-refractivity contribution in [2.75, 3.05) is 23.8 Å². The molecule has 0 atom stereocenters. The van der Waals surface area contributed by atoms with Gasteiger partial charge < -0.3 is 24.9 Å². The molecular formula is C22H20N8O. The highest BCUT2D eigenvalue weighted by atomic mass is 16.5. The maximum atomic E-state index is 5.71. The molecule has 0 aliphatic heterocycles. The van der Waals surface area contributed by atoms with E-state index in [1.165, 1.54) is 6.33 Å². The SMILES string of the molecule is c1ccc(OCCNc2ncnc3nc(Nc4ccc(-n5ccnc5)cc4)[nH]c23)cc1. The molecule has 0 amide bonds. The molecule has 2 aromatic carbocycles. The second-order valence-electron chi connectivity index (χ2n) is 6.74. The Balaban J connectivity index is 1.24. The number of rotatable bonds is 8. The van der Waals surface area contributed by atoms with Crippen LogP contribution in [0.15, 0.2) is 79.6 Å². The Labute approximate surface area is 178 Å². The summed E-state index contributed by atoms with van der Waals surface area (Å²) in [6.45, 7) is 1.11. The van der Waals surface area contributed by atoms with E-state index in [0.717, 1.165) is 22.6 Å². The first-order valence-electron chi connectivity index (χ1n) is 9.83. The van der Waals surface area contributed by atoms with Gasteiger partial charge in [-0.05, 0) is 36.4 Å². The summed E-state index contributed by atoms with van der Waals surface area (Å²) < 4.78 is 7.66. The Kier molecular flexibility index (Phi) is 5.13. The van der Waals surface area contributed by atoms with Gasteiger partial charge in [-0.2, -0.15) is 4.98 Å². The molecule has 9 nitrogen and oxygen atoms in total. The summed E-state index contributed by atoms with van der Waals surface area (Å²) in [5.74, 6) is 2.11. The molecule has 0 bridgehead atoms. The topological polar surface area (TPSA) is 106 Å². The first-order valence-corrected chi connectivity index (χ1v) is 9.83. The minimum Gasteiger partial charge on any atom is -0.492 e.